The summed E-state index contributed by atoms with van der Waals surface area (Å²) in [5.41, 5.74) is 3.20. The molecule has 3 heterocycles. The third-order valence-corrected chi connectivity index (χ3v) is 4.07. The van der Waals surface area contributed by atoms with Gasteiger partial charge in [-0.1, -0.05) is 0 Å². The van der Waals surface area contributed by atoms with Gasteiger partial charge in [0.15, 0.2) is 5.65 Å². The zero-order chi connectivity index (χ0) is 14.3. The van der Waals surface area contributed by atoms with Gasteiger partial charge in [-0.3, -0.25) is 4.79 Å². The highest BCUT2D eigenvalue weighted by molar-refractivity contribution is 5.99. The van der Waals surface area contributed by atoms with E-state index in [0.717, 1.165) is 30.8 Å². The number of piperidine rings is 1. The van der Waals surface area contributed by atoms with Gasteiger partial charge in [-0.25, -0.2) is 9.50 Å². The van der Waals surface area contributed by atoms with Crippen LogP contribution >= 0.6 is 0 Å². The highest BCUT2D eigenvalue weighted by Crippen LogP contribution is 2.21. The van der Waals surface area contributed by atoms with Crippen molar-refractivity contribution >= 4 is 11.6 Å². The summed E-state index contributed by atoms with van der Waals surface area (Å²) in [5, 5.41) is 4.31. The van der Waals surface area contributed by atoms with E-state index in [1.807, 2.05) is 24.8 Å². The number of rotatable bonds is 1. The Morgan fingerprint density at radius 2 is 2.15 bits per heavy atom. The minimum atomic E-state index is 0.0599. The number of likely N-dealkylation sites (tertiary alicyclic amines) is 1. The van der Waals surface area contributed by atoms with Crippen LogP contribution in [0.5, 0.6) is 0 Å². The van der Waals surface area contributed by atoms with E-state index in [9.17, 15) is 4.79 Å². The van der Waals surface area contributed by atoms with Gasteiger partial charge in [0.2, 0.25) is 0 Å². The van der Waals surface area contributed by atoms with Gasteiger partial charge in [-0.05, 0) is 46.1 Å². The second-order valence-corrected chi connectivity index (χ2v) is 5.68. The van der Waals surface area contributed by atoms with Crippen molar-refractivity contribution < 1.29 is 4.79 Å². The minimum Gasteiger partial charge on any atom is -0.336 e. The summed E-state index contributed by atoms with van der Waals surface area (Å²) in [6.45, 7) is 6.87. The first-order valence-electron chi connectivity index (χ1n) is 7.21. The Morgan fingerprint density at radius 1 is 1.35 bits per heavy atom. The molecule has 1 amide bonds. The third-order valence-electron chi connectivity index (χ3n) is 4.07. The van der Waals surface area contributed by atoms with E-state index in [1.54, 1.807) is 10.7 Å². The number of carbonyl (C=O) groups is 1. The van der Waals surface area contributed by atoms with Crippen molar-refractivity contribution in [3.05, 3.63) is 29.2 Å². The maximum Gasteiger partial charge on any atom is 0.259 e. The number of carbonyl (C=O) groups excluding carboxylic acids is 1. The van der Waals surface area contributed by atoms with Crippen molar-refractivity contribution in [1.29, 1.82) is 0 Å². The molecular formula is C15H20N4O. The van der Waals surface area contributed by atoms with Crippen LogP contribution in [0.2, 0.25) is 0 Å². The standard InChI is InChI=1S/C15H20N4O/c1-10-8-12(3)19-14(17-10)13(9-16-19)15(20)18-7-5-4-6-11(18)2/h8-9,11H,4-7H2,1-3H3/t11-/m1/s1. The SMILES string of the molecule is Cc1cc(C)n2ncc(C(=O)N3CCCC[C@H]3C)c2n1. The molecule has 5 nitrogen and oxygen atoms in total. The zero-order valence-electron chi connectivity index (χ0n) is 12.3. The van der Waals surface area contributed by atoms with Gasteiger partial charge in [0.1, 0.15) is 5.56 Å². The van der Waals surface area contributed by atoms with Gasteiger partial charge < -0.3 is 4.90 Å². The van der Waals surface area contributed by atoms with Crippen molar-refractivity contribution in [3.63, 3.8) is 0 Å². The van der Waals surface area contributed by atoms with Crippen LogP contribution in [0.25, 0.3) is 5.65 Å². The lowest BCUT2D eigenvalue weighted by molar-refractivity contribution is 0.0637. The van der Waals surface area contributed by atoms with Gasteiger partial charge in [0, 0.05) is 24.0 Å². The molecule has 0 radical (unpaired) electrons. The van der Waals surface area contributed by atoms with Crippen molar-refractivity contribution in [3.8, 4) is 0 Å². The predicted molar refractivity (Wildman–Crippen MR) is 76.8 cm³/mol. The normalized spacial score (nSPS) is 19.6. The fourth-order valence-corrected chi connectivity index (χ4v) is 2.98. The van der Waals surface area contributed by atoms with Crippen molar-refractivity contribution in [2.45, 2.75) is 46.1 Å². The van der Waals surface area contributed by atoms with Crippen molar-refractivity contribution in [1.82, 2.24) is 19.5 Å². The molecule has 2 aromatic rings. The molecule has 106 valence electrons. The number of hydrogen-bond donors (Lipinski definition) is 0. The summed E-state index contributed by atoms with van der Waals surface area (Å²) in [5.74, 6) is 0.0599. The molecule has 1 fully saturated rings. The molecule has 0 unspecified atom stereocenters. The summed E-state index contributed by atoms with van der Waals surface area (Å²) in [6.07, 6.45) is 5.02. The molecule has 1 atom stereocenters. The molecule has 3 rings (SSSR count). The predicted octanol–water partition coefficient (Wildman–Crippen LogP) is 2.36. The molecule has 0 aromatic carbocycles. The molecule has 0 saturated carbocycles. The molecule has 0 bridgehead atoms. The van der Waals surface area contributed by atoms with Crippen LogP contribution in [0.4, 0.5) is 0 Å². The minimum absolute atomic E-state index is 0.0599. The topological polar surface area (TPSA) is 50.5 Å². The van der Waals surface area contributed by atoms with Crippen LogP contribution < -0.4 is 0 Å². The highest BCUT2D eigenvalue weighted by Gasteiger charge is 2.27. The average Bonchev–Trinajstić information content (AvgIpc) is 2.82. The summed E-state index contributed by atoms with van der Waals surface area (Å²) in [6, 6.07) is 2.27. The summed E-state index contributed by atoms with van der Waals surface area (Å²) >= 11 is 0. The molecular weight excluding hydrogens is 252 g/mol. The number of aryl methyl sites for hydroxylation is 2. The maximum absolute atomic E-state index is 12.7. The highest BCUT2D eigenvalue weighted by atomic mass is 16.2. The first kappa shape index (κ1) is 13.1. The van der Waals surface area contributed by atoms with E-state index in [-0.39, 0.29) is 5.91 Å². The van der Waals surface area contributed by atoms with Crippen LogP contribution in [-0.2, 0) is 0 Å². The van der Waals surface area contributed by atoms with E-state index in [1.165, 1.54) is 6.42 Å². The lowest BCUT2D eigenvalue weighted by atomic mass is 10.0. The van der Waals surface area contributed by atoms with Gasteiger partial charge >= 0.3 is 0 Å². The fraction of sp³-hybridized carbons (Fsp3) is 0.533. The first-order valence-corrected chi connectivity index (χ1v) is 7.21. The van der Waals surface area contributed by atoms with Crippen molar-refractivity contribution in [2.75, 3.05) is 6.54 Å². The Hall–Kier alpha value is -1.91. The molecule has 0 N–H and O–H groups in total. The molecule has 20 heavy (non-hydrogen) atoms. The Morgan fingerprint density at radius 3 is 2.90 bits per heavy atom. The molecule has 5 heteroatoms. The molecule has 2 aromatic heterocycles. The van der Waals surface area contributed by atoms with Gasteiger partial charge in [0.05, 0.1) is 6.20 Å². The Labute approximate surface area is 118 Å². The van der Waals surface area contributed by atoms with Crippen LogP contribution in [0.15, 0.2) is 12.3 Å². The monoisotopic (exact) mass is 272 g/mol. The summed E-state index contributed by atoms with van der Waals surface area (Å²) in [4.78, 5) is 19.2. The molecule has 0 spiro atoms. The van der Waals surface area contributed by atoms with Crippen molar-refractivity contribution in [2.24, 2.45) is 0 Å². The number of fused-ring (bicyclic) bond motifs is 1. The van der Waals surface area contributed by atoms with E-state index >= 15 is 0 Å². The lowest BCUT2D eigenvalue weighted by Crippen LogP contribution is -2.42. The number of amides is 1. The second-order valence-electron chi connectivity index (χ2n) is 5.68. The number of aromatic nitrogens is 3. The van der Waals surface area contributed by atoms with E-state index in [4.69, 9.17) is 0 Å². The van der Waals surface area contributed by atoms with E-state index < -0.39 is 0 Å². The van der Waals surface area contributed by atoms with Gasteiger partial charge in [-0.2, -0.15) is 5.10 Å². The summed E-state index contributed by atoms with van der Waals surface area (Å²) in [7, 11) is 0. The van der Waals surface area contributed by atoms with Crippen LogP contribution in [-0.4, -0.2) is 38.0 Å². The second kappa shape index (κ2) is 4.89. The number of nitrogens with zero attached hydrogens (tertiary/aromatic N) is 4. The molecule has 0 aliphatic carbocycles. The van der Waals surface area contributed by atoms with Crippen LogP contribution in [0.3, 0.4) is 0 Å². The third kappa shape index (κ3) is 2.07. The fourth-order valence-electron chi connectivity index (χ4n) is 2.98. The van der Waals surface area contributed by atoms with Gasteiger partial charge in [-0.15, -0.1) is 0 Å². The molecule has 1 aliphatic rings. The molecule has 1 aliphatic heterocycles. The quantitative estimate of drug-likeness (QED) is 0.800. The lowest BCUT2D eigenvalue weighted by Gasteiger charge is -2.33. The van der Waals surface area contributed by atoms with Crippen LogP contribution in [0, 0.1) is 13.8 Å². The number of hydrogen-bond acceptors (Lipinski definition) is 3. The first-order chi connectivity index (χ1) is 9.58. The smallest absolute Gasteiger partial charge is 0.259 e. The molecule has 1 saturated heterocycles. The average molecular weight is 272 g/mol. The Kier molecular flexibility index (Phi) is 3.20. The van der Waals surface area contributed by atoms with E-state index in [0.29, 0.717) is 17.3 Å². The largest absolute Gasteiger partial charge is 0.336 e. The maximum atomic E-state index is 12.7. The summed E-state index contributed by atoms with van der Waals surface area (Å²) < 4.78 is 1.74. The zero-order valence-corrected chi connectivity index (χ0v) is 12.3. The Bertz CT molecular complexity index is 661. The Balaban J connectivity index is 2.03. The van der Waals surface area contributed by atoms with E-state index in [2.05, 4.69) is 17.0 Å². The van der Waals surface area contributed by atoms with Gasteiger partial charge in [0.25, 0.3) is 5.91 Å². The van der Waals surface area contributed by atoms with Crippen LogP contribution in [0.1, 0.15) is 47.9 Å².